The highest BCUT2D eigenvalue weighted by atomic mass is 19.1. The Labute approximate surface area is 95.8 Å². The molecular weight excluding hydrogens is 209 g/mol. The van der Waals surface area contributed by atoms with Gasteiger partial charge in [-0.1, -0.05) is 27.7 Å². The molecule has 16 heavy (non-hydrogen) atoms. The lowest BCUT2D eigenvalue weighted by molar-refractivity contribution is -0.133. The average Bonchev–Trinajstić information content (AvgIpc) is 2.92. The van der Waals surface area contributed by atoms with Crippen molar-refractivity contribution in [2.75, 3.05) is 0 Å². The lowest BCUT2D eigenvalue weighted by Gasteiger charge is -2.23. The number of nitrogens with one attached hydrogen (secondary N) is 1. The summed E-state index contributed by atoms with van der Waals surface area (Å²) in [6.45, 7) is 7.27. The van der Waals surface area contributed by atoms with E-state index in [4.69, 9.17) is 0 Å². The molecule has 0 unspecified atom stereocenters. The lowest BCUT2D eigenvalue weighted by atomic mass is 9.93. The molecule has 0 saturated heterocycles. The summed E-state index contributed by atoms with van der Waals surface area (Å²) in [5, 5.41) is 2.54. The maximum Gasteiger partial charge on any atom is 0.258 e. The molecule has 4 heteroatoms. The number of rotatable bonds is 5. The third-order valence-corrected chi connectivity index (χ3v) is 2.92. The molecule has 0 aromatic carbocycles. The summed E-state index contributed by atoms with van der Waals surface area (Å²) in [7, 11) is 0. The molecule has 1 aliphatic carbocycles. The molecule has 1 atom stereocenters. The van der Waals surface area contributed by atoms with E-state index in [0.717, 1.165) is 0 Å². The van der Waals surface area contributed by atoms with Crippen LogP contribution >= 0.6 is 0 Å². The Morgan fingerprint density at radius 1 is 1.19 bits per heavy atom. The minimum atomic E-state index is -1.70. The smallest absolute Gasteiger partial charge is 0.258 e. The average molecular weight is 229 g/mol. The predicted molar refractivity (Wildman–Crippen MR) is 59.7 cm³/mol. The molecule has 1 N–H and O–H groups in total. The summed E-state index contributed by atoms with van der Waals surface area (Å²) < 4.78 is 13.5. The topological polar surface area (TPSA) is 46.2 Å². The van der Waals surface area contributed by atoms with Gasteiger partial charge in [-0.3, -0.25) is 9.59 Å². The van der Waals surface area contributed by atoms with E-state index in [1.54, 1.807) is 13.8 Å². The molecule has 0 aromatic heterocycles. The highest BCUT2D eigenvalue weighted by molar-refractivity contribution is 5.94. The molecule has 1 amide bonds. The highest BCUT2D eigenvalue weighted by Crippen LogP contribution is 2.40. The van der Waals surface area contributed by atoms with Crippen LogP contribution in [0.15, 0.2) is 0 Å². The van der Waals surface area contributed by atoms with Crippen LogP contribution in [0.1, 0.15) is 40.5 Å². The van der Waals surface area contributed by atoms with Crippen molar-refractivity contribution < 1.29 is 14.0 Å². The molecule has 0 radical (unpaired) electrons. The zero-order valence-electron chi connectivity index (χ0n) is 10.3. The van der Waals surface area contributed by atoms with Crippen LogP contribution in [-0.2, 0) is 9.59 Å². The molecule has 3 nitrogen and oxygen atoms in total. The van der Waals surface area contributed by atoms with Gasteiger partial charge in [0.1, 0.15) is 0 Å². The largest absolute Gasteiger partial charge is 0.343 e. The van der Waals surface area contributed by atoms with Crippen molar-refractivity contribution in [3.8, 4) is 0 Å². The van der Waals surface area contributed by atoms with Crippen LogP contribution in [0.2, 0.25) is 0 Å². The van der Waals surface area contributed by atoms with Crippen LogP contribution in [0, 0.1) is 11.8 Å². The maximum atomic E-state index is 13.5. The van der Waals surface area contributed by atoms with Gasteiger partial charge in [0.05, 0.1) is 6.04 Å². The summed E-state index contributed by atoms with van der Waals surface area (Å²) in [6, 6.07) is -0.569. The van der Waals surface area contributed by atoms with Gasteiger partial charge in [0.15, 0.2) is 11.5 Å². The number of alkyl halides is 1. The zero-order chi connectivity index (χ0) is 12.5. The summed E-state index contributed by atoms with van der Waals surface area (Å²) in [5.41, 5.74) is -1.70. The van der Waals surface area contributed by atoms with Gasteiger partial charge in [-0.2, -0.15) is 0 Å². The molecule has 0 spiro atoms. The zero-order valence-corrected chi connectivity index (χ0v) is 10.3. The first kappa shape index (κ1) is 13.1. The Balaban J connectivity index is 2.65. The standard InChI is InChI=1S/C12H20FNO2/c1-7(2)9(10(15)8(3)4)14-11(16)12(13)5-6-12/h7-9H,5-6H2,1-4H3,(H,14,16)/t9-/m0/s1. The van der Waals surface area contributed by atoms with Crippen LogP contribution in [0.4, 0.5) is 4.39 Å². The van der Waals surface area contributed by atoms with Crippen molar-refractivity contribution in [3.05, 3.63) is 0 Å². The molecule has 0 aliphatic heterocycles. The second kappa shape index (κ2) is 4.52. The van der Waals surface area contributed by atoms with Crippen LogP contribution in [0.5, 0.6) is 0 Å². The van der Waals surface area contributed by atoms with E-state index in [2.05, 4.69) is 5.32 Å². The van der Waals surface area contributed by atoms with Crippen molar-refractivity contribution >= 4 is 11.7 Å². The maximum absolute atomic E-state index is 13.5. The fourth-order valence-corrected chi connectivity index (χ4v) is 1.53. The van der Waals surface area contributed by atoms with E-state index in [0.29, 0.717) is 0 Å². The van der Waals surface area contributed by atoms with Crippen molar-refractivity contribution in [1.29, 1.82) is 0 Å². The van der Waals surface area contributed by atoms with E-state index in [1.807, 2.05) is 13.8 Å². The Kier molecular flexibility index (Phi) is 3.71. The van der Waals surface area contributed by atoms with Gasteiger partial charge < -0.3 is 5.32 Å². The van der Waals surface area contributed by atoms with Gasteiger partial charge in [0.25, 0.3) is 5.91 Å². The summed E-state index contributed by atoms with van der Waals surface area (Å²) in [5.74, 6) is -0.823. The Bertz CT molecular complexity index is 295. The minimum Gasteiger partial charge on any atom is -0.343 e. The molecule has 1 fully saturated rings. The number of ketones is 1. The molecular formula is C12H20FNO2. The van der Waals surface area contributed by atoms with Gasteiger partial charge in [0.2, 0.25) is 0 Å². The van der Waals surface area contributed by atoms with E-state index >= 15 is 0 Å². The lowest BCUT2D eigenvalue weighted by Crippen LogP contribution is -2.49. The van der Waals surface area contributed by atoms with Crippen LogP contribution in [-0.4, -0.2) is 23.4 Å². The minimum absolute atomic E-state index is 0.0128. The van der Waals surface area contributed by atoms with Crippen molar-refractivity contribution in [1.82, 2.24) is 5.32 Å². The van der Waals surface area contributed by atoms with Gasteiger partial charge in [-0.05, 0) is 18.8 Å². The highest BCUT2D eigenvalue weighted by Gasteiger charge is 2.51. The van der Waals surface area contributed by atoms with Gasteiger partial charge >= 0.3 is 0 Å². The monoisotopic (exact) mass is 229 g/mol. The van der Waals surface area contributed by atoms with Crippen molar-refractivity contribution in [3.63, 3.8) is 0 Å². The fraction of sp³-hybridized carbons (Fsp3) is 0.833. The number of hydrogen-bond acceptors (Lipinski definition) is 2. The normalized spacial score (nSPS) is 19.7. The fourth-order valence-electron chi connectivity index (χ4n) is 1.53. The number of carbonyl (C=O) groups is 2. The van der Waals surface area contributed by atoms with E-state index in [9.17, 15) is 14.0 Å². The number of Topliss-reactive ketones (excluding diaryl/α,β-unsaturated/α-hetero) is 1. The van der Waals surface area contributed by atoms with E-state index in [-0.39, 0.29) is 30.5 Å². The third kappa shape index (κ3) is 2.80. The first-order valence-corrected chi connectivity index (χ1v) is 5.81. The number of halogens is 1. The Morgan fingerprint density at radius 3 is 2.00 bits per heavy atom. The first-order chi connectivity index (χ1) is 7.28. The van der Waals surface area contributed by atoms with Gasteiger partial charge in [-0.25, -0.2) is 4.39 Å². The molecule has 0 heterocycles. The van der Waals surface area contributed by atoms with Crippen molar-refractivity contribution in [2.45, 2.75) is 52.2 Å². The van der Waals surface area contributed by atoms with Crippen LogP contribution in [0.3, 0.4) is 0 Å². The summed E-state index contributed by atoms with van der Waals surface area (Å²) in [4.78, 5) is 23.4. The summed E-state index contributed by atoms with van der Waals surface area (Å²) >= 11 is 0. The molecule has 1 saturated carbocycles. The molecule has 1 rings (SSSR count). The predicted octanol–water partition coefficient (Wildman–Crippen LogP) is 1.85. The van der Waals surface area contributed by atoms with Crippen LogP contribution in [0.25, 0.3) is 0 Å². The second-order valence-corrected chi connectivity index (χ2v) is 5.22. The number of carbonyl (C=O) groups excluding carboxylic acids is 2. The van der Waals surface area contributed by atoms with Crippen LogP contribution < -0.4 is 5.32 Å². The summed E-state index contributed by atoms with van der Waals surface area (Å²) in [6.07, 6.45) is 0.555. The third-order valence-electron chi connectivity index (χ3n) is 2.92. The van der Waals surface area contributed by atoms with Gasteiger partial charge in [0, 0.05) is 5.92 Å². The Morgan fingerprint density at radius 2 is 1.69 bits per heavy atom. The molecule has 0 aromatic rings. The molecule has 92 valence electrons. The molecule has 1 aliphatic rings. The SMILES string of the molecule is CC(C)C(=O)[C@@H](NC(=O)C1(F)CC1)C(C)C. The first-order valence-electron chi connectivity index (χ1n) is 5.81. The second-order valence-electron chi connectivity index (χ2n) is 5.22. The quantitative estimate of drug-likeness (QED) is 0.782. The van der Waals surface area contributed by atoms with Gasteiger partial charge in [-0.15, -0.1) is 0 Å². The van der Waals surface area contributed by atoms with Crippen molar-refractivity contribution in [2.24, 2.45) is 11.8 Å². The number of amides is 1. The Hall–Kier alpha value is -0.930. The van der Waals surface area contributed by atoms with E-state index in [1.165, 1.54) is 0 Å². The molecule has 0 bridgehead atoms. The van der Waals surface area contributed by atoms with E-state index < -0.39 is 17.6 Å². The number of hydrogen-bond donors (Lipinski definition) is 1.